The Balaban J connectivity index is 1.62. The van der Waals surface area contributed by atoms with E-state index >= 15 is 0 Å². The van der Waals surface area contributed by atoms with Gasteiger partial charge in [-0.1, -0.05) is 25.1 Å². The van der Waals surface area contributed by atoms with Crippen LogP contribution in [0.1, 0.15) is 33.6 Å². The molecule has 2 aromatic rings. The number of nitrogens with one attached hydrogen (secondary N) is 2. The quantitative estimate of drug-likeness (QED) is 0.326. The lowest BCUT2D eigenvalue weighted by atomic mass is 9.79. The molecule has 2 aliphatic heterocycles. The molecule has 1 saturated heterocycles. The number of amides is 1. The Labute approximate surface area is 252 Å². The van der Waals surface area contributed by atoms with Crippen LogP contribution in [0.25, 0.3) is 0 Å². The van der Waals surface area contributed by atoms with Crippen LogP contribution in [0.2, 0.25) is 5.02 Å². The van der Waals surface area contributed by atoms with Gasteiger partial charge in [0.05, 0.1) is 28.7 Å². The highest BCUT2D eigenvalue weighted by atomic mass is 35.5. The largest absolute Gasteiger partial charge is 0.484 e. The summed E-state index contributed by atoms with van der Waals surface area (Å²) in [6.45, 7) is 8.78. The number of benzene rings is 2. The van der Waals surface area contributed by atoms with Crippen molar-refractivity contribution in [1.82, 2.24) is 5.32 Å². The van der Waals surface area contributed by atoms with Gasteiger partial charge in [-0.15, -0.1) is 0 Å². The van der Waals surface area contributed by atoms with Gasteiger partial charge >= 0.3 is 12.3 Å². The van der Waals surface area contributed by atoms with Gasteiger partial charge in [0.1, 0.15) is 17.7 Å². The lowest BCUT2D eigenvalue weighted by Gasteiger charge is -2.38. The minimum Gasteiger partial charge on any atom is -0.484 e. The van der Waals surface area contributed by atoms with Crippen LogP contribution in [0.4, 0.5) is 33.7 Å². The van der Waals surface area contributed by atoms with Crippen LogP contribution in [0.5, 0.6) is 5.75 Å². The molecule has 1 fully saturated rings. The number of alkyl halides is 3. The molecular formula is C28H32ClF4N3O6S. The van der Waals surface area contributed by atoms with Crippen molar-refractivity contribution >= 4 is 39.1 Å². The van der Waals surface area contributed by atoms with Crippen molar-refractivity contribution in [3.05, 3.63) is 59.5 Å². The van der Waals surface area contributed by atoms with E-state index in [9.17, 15) is 30.8 Å². The summed E-state index contributed by atoms with van der Waals surface area (Å²) in [4.78, 5) is 12.0. The van der Waals surface area contributed by atoms with Gasteiger partial charge in [-0.05, 0) is 63.1 Å². The molecule has 0 aromatic heterocycles. The van der Waals surface area contributed by atoms with E-state index in [-0.39, 0.29) is 40.5 Å². The number of fused-ring (bicyclic) bond motifs is 1. The van der Waals surface area contributed by atoms with Crippen molar-refractivity contribution in [2.75, 3.05) is 35.9 Å². The van der Waals surface area contributed by atoms with E-state index < -0.39 is 44.8 Å². The number of hydrogen-bond donors (Lipinski definition) is 2. The first-order chi connectivity index (χ1) is 19.9. The summed E-state index contributed by atoms with van der Waals surface area (Å²) in [6.07, 6.45) is -5.42. The summed E-state index contributed by atoms with van der Waals surface area (Å²) in [7, 11) is -4.37. The van der Waals surface area contributed by atoms with Gasteiger partial charge in [0.25, 0.3) is 10.0 Å². The van der Waals surface area contributed by atoms with Crippen molar-refractivity contribution < 1.29 is 45.0 Å². The Morgan fingerprint density at radius 1 is 1.19 bits per heavy atom. The third-order valence-electron chi connectivity index (χ3n) is 7.51. The molecule has 4 rings (SSSR count). The number of rotatable bonds is 8. The molecule has 0 aliphatic carbocycles. The number of hydrogen-bond acceptors (Lipinski definition) is 7. The van der Waals surface area contributed by atoms with E-state index in [1.54, 1.807) is 0 Å². The van der Waals surface area contributed by atoms with Crippen LogP contribution in [0.15, 0.2) is 53.6 Å². The monoisotopic (exact) mass is 649 g/mol. The van der Waals surface area contributed by atoms with Crippen molar-refractivity contribution in [1.29, 1.82) is 0 Å². The summed E-state index contributed by atoms with van der Waals surface area (Å²) in [5, 5.41) is 5.05. The van der Waals surface area contributed by atoms with Gasteiger partial charge < -0.3 is 19.5 Å². The SMILES string of the molecule is C=C(NC[C@H]1CN(S(=O)(=O)c2ccc(F)c(Cl)c2)c2cc(NC(=O)OC(C)(C)C(F)(F)F)ccc2O1)C1(C)CCOCC1. The van der Waals surface area contributed by atoms with Crippen LogP contribution < -0.4 is 19.7 Å². The molecule has 2 N–H and O–H groups in total. The van der Waals surface area contributed by atoms with Crippen LogP contribution in [-0.2, 0) is 19.5 Å². The average molecular weight is 650 g/mol. The summed E-state index contributed by atoms with van der Waals surface area (Å²) in [5.41, 5.74) is -2.32. The molecule has 0 spiro atoms. The molecule has 9 nitrogen and oxygen atoms in total. The first-order valence-corrected chi connectivity index (χ1v) is 15.1. The lowest BCUT2D eigenvalue weighted by molar-refractivity contribution is -0.242. The van der Waals surface area contributed by atoms with Crippen LogP contribution in [0, 0.1) is 11.2 Å². The highest BCUT2D eigenvalue weighted by Gasteiger charge is 2.51. The van der Waals surface area contributed by atoms with E-state index in [0.29, 0.717) is 27.1 Å². The highest BCUT2D eigenvalue weighted by Crippen LogP contribution is 2.40. The van der Waals surface area contributed by atoms with E-state index in [2.05, 4.69) is 28.9 Å². The Bertz CT molecular complexity index is 1500. The maximum absolute atomic E-state index is 13.8. The molecule has 2 heterocycles. The summed E-state index contributed by atoms with van der Waals surface area (Å²) in [5.74, 6) is -0.691. The molecule has 0 unspecified atom stereocenters. The number of nitrogens with zero attached hydrogens (tertiary/aromatic N) is 1. The zero-order chi connectivity index (χ0) is 31.8. The topological polar surface area (TPSA) is 106 Å². The molecule has 2 aromatic carbocycles. The van der Waals surface area contributed by atoms with Gasteiger partial charge in [-0.25, -0.2) is 17.6 Å². The fraction of sp³-hybridized carbons (Fsp3) is 0.464. The standard InChI is InChI=1S/C28H32ClF4N3O6S/c1-17(27(4)9-11-40-12-10-27)34-15-19-16-36(43(38,39)20-6-7-22(30)21(29)14-20)23-13-18(5-8-24(23)41-19)35-25(37)42-26(2,3)28(31,32)33/h5-8,13-14,19,34H,1,9-12,15-16H2,2-4H3,(H,35,37)/t19-/m0/s1. The number of halogens is 5. The molecule has 1 atom stereocenters. The molecule has 2 aliphatic rings. The predicted octanol–water partition coefficient (Wildman–Crippen LogP) is 6.24. The van der Waals surface area contributed by atoms with Crippen molar-refractivity contribution in [3.8, 4) is 5.75 Å². The average Bonchev–Trinajstić information content (AvgIpc) is 2.92. The number of anilines is 2. The normalized spacial score (nSPS) is 18.7. The van der Waals surface area contributed by atoms with E-state index in [4.69, 9.17) is 21.1 Å². The van der Waals surface area contributed by atoms with E-state index in [0.717, 1.165) is 41.0 Å². The molecule has 0 bridgehead atoms. The third-order valence-corrected chi connectivity index (χ3v) is 9.58. The van der Waals surface area contributed by atoms with Gasteiger partial charge in [-0.2, -0.15) is 13.2 Å². The number of carbonyl (C=O) groups excluding carboxylic acids is 1. The van der Waals surface area contributed by atoms with Crippen LogP contribution in [-0.4, -0.2) is 58.7 Å². The summed E-state index contributed by atoms with van der Waals surface area (Å²) in [6, 6.07) is 6.89. The van der Waals surface area contributed by atoms with Gasteiger partial charge in [0, 0.05) is 30.0 Å². The Kier molecular flexibility index (Phi) is 9.15. The zero-order valence-electron chi connectivity index (χ0n) is 23.7. The third kappa shape index (κ3) is 7.13. The second-order valence-corrected chi connectivity index (χ2v) is 13.4. The van der Waals surface area contributed by atoms with Gasteiger partial charge in [0.15, 0.2) is 0 Å². The maximum Gasteiger partial charge on any atom is 0.427 e. The van der Waals surface area contributed by atoms with Gasteiger partial charge in [0.2, 0.25) is 5.60 Å². The smallest absolute Gasteiger partial charge is 0.427 e. The Morgan fingerprint density at radius 3 is 2.49 bits per heavy atom. The first kappa shape index (κ1) is 32.7. The Morgan fingerprint density at radius 2 is 1.86 bits per heavy atom. The Hall–Kier alpha value is -3.23. The second-order valence-electron chi connectivity index (χ2n) is 11.1. The first-order valence-electron chi connectivity index (χ1n) is 13.3. The molecule has 0 saturated carbocycles. The summed E-state index contributed by atoms with van der Waals surface area (Å²) < 4.78 is 98.2. The number of ether oxygens (including phenoxy) is 3. The number of allylic oxidation sites excluding steroid dienone is 1. The van der Waals surface area contributed by atoms with Gasteiger partial charge in [-0.3, -0.25) is 9.62 Å². The minimum absolute atomic E-state index is 0.0141. The fourth-order valence-corrected chi connectivity index (χ4v) is 6.27. The van der Waals surface area contributed by atoms with Crippen molar-refractivity contribution in [3.63, 3.8) is 0 Å². The molecule has 15 heteroatoms. The predicted molar refractivity (Wildman–Crippen MR) is 152 cm³/mol. The minimum atomic E-state index is -4.83. The number of carbonyl (C=O) groups is 1. The van der Waals surface area contributed by atoms with Crippen LogP contribution >= 0.6 is 11.6 Å². The maximum atomic E-state index is 13.8. The zero-order valence-corrected chi connectivity index (χ0v) is 25.3. The second kappa shape index (κ2) is 12.0. The molecule has 0 radical (unpaired) electrons. The molecule has 43 heavy (non-hydrogen) atoms. The van der Waals surface area contributed by atoms with E-state index in [1.807, 2.05) is 0 Å². The summed E-state index contributed by atoms with van der Waals surface area (Å²) >= 11 is 5.87. The fourth-order valence-electron chi connectivity index (χ4n) is 4.50. The number of sulfonamides is 1. The molecule has 236 valence electrons. The van der Waals surface area contributed by atoms with Crippen molar-refractivity contribution in [2.24, 2.45) is 5.41 Å². The lowest BCUT2D eigenvalue weighted by Crippen LogP contribution is -2.48. The van der Waals surface area contributed by atoms with Crippen LogP contribution in [0.3, 0.4) is 0 Å². The molecular weight excluding hydrogens is 618 g/mol. The van der Waals surface area contributed by atoms with Crippen molar-refractivity contribution in [2.45, 2.75) is 56.4 Å². The van der Waals surface area contributed by atoms with E-state index in [1.165, 1.54) is 18.2 Å². The molecule has 1 amide bonds. The highest BCUT2D eigenvalue weighted by molar-refractivity contribution is 7.92.